The monoisotopic (exact) mass is 902 g/mol. The van der Waals surface area contributed by atoms with Crippen LogP contribution in [-0.4, -0.2) is 92.3 Å². The predicted octanol–water partition coefficient (Wildman–Crippen LogP) is 9.82. The Morgan fingerprint density at radius 3 is 2.25 bits per heavy atom. The highest BCUT2D eigenvalue weighted by Gasteiger charge is 2.67. The molecular weight excluding hydrogens is 838 g/mol. The lowest BCUT2D eigenvalue weighted by Crippen LogP contribution is -2.65. The largest absolute Gasteiger partial charge is 0.573 e. The number of ketones is 2. The number of ether oxygens (including phenoxy) is 3. The first-order chi connectivity index (χ1) is 29.7. The van der Waals surface area contributed by atoms with Gasteiger partial charge in [-0.05, 0) is 67.9 Å². The first-order valence-corrected chi connectivity index (χ1v) is 25.0. The van der Waals surface area contributed by atoms with E-state index in [0.717, 1.165) is 25.3 Å². The number of hydrogen-bond donors (Lipinski definition) is 3. The van der Waals surface area contributed by atoms with Gasteiger partial charge in [0, 0.05) is 36.2 Å². The van der Waals surface area contributed by atoms with E-state index in [9.17, 15) is 23.1 Å². The summed E-state index contributed by atoms with van der Waals surface area (Å²) in [4.78, 5) is 46.4. The topological polar surface area (TPSA) is 162 Å². The number of halogens is 3. The number of nitrogens with zero attached hydrogens (tertiary/aromatic N) is 2. The highest BCUT2D eigenvalue weighted by molar-refractivity contribution is 6.74. The molecule has 1 aromatic carbocycles. The molecule has 0 radical (unpaired) electrons. The van der Waals surface area contributed by atoms with E-state index in [1.807, 2.05) is 59.5 Å². The molecule has 3 N–H and O–H groups in total. The van der Waals surface area contributed by atoms with Crippen molar-refractivity contribution < 1.29 is 55.8 Å². The number of aliphatic hydroxyl groups is 1. The van der Waals surface area contributed by atoms with Gasteiger partial charge in [0.25, 0.3) is 5.88 Å². The van der Waals surface area contributed by atoms with Gasteiger partial charge in [0.1, 0.15) is 17.1 Å². The van der Waals surface area contributed by atoms with Crippen LogP contribution >= 0.6 is 0 Å². The molecule has 3 aliphatic carbocycles. The highest BCUT2D eigenvalue weighted by atomic mass is 28.4. The number of rotatable bonds is 22. The Balaban J connectivity index is 1.84. The van der Waals surface area contributed by atoms with Crippen LogP contribution < -0.4 is 24.8 Å². The Morgan fingerprint density at radius 1 is 1.03 bits per heavy atom. The Labute approximate surface area is 369 Å². The highest BCUT2D eigenvalue weighted by Crippen LogP contribution is 2.61. The summed E-state index contributed by atoms with van der Waals surface area (Å²) >= 11 is 0. The van der Waals surface area contributed by atoms with Crippen molar-refractivity contribution in [2.75, 3.05) is 44.7 Å². The number of amides is 1. The van der Waals surface area contributed by atoms with Gasteiger partial charge >= 0.3 is 6.36 Å². The fraction of sp³-hybridized carbons (Fsp3) is 0.609. The van der Waals surface area contributed by atoms with E-state index >= 15 is 9.59 Å². The molecule has 0 bridgehead atoms. The molecular formula is C46H65F3N4O9Si. The Bertz CT molecular complexity index is 2050. The van der Waals surface area contributed by atoms with Gasteiger partial charge in [-0.2, -0.15) is 0 Å². The van der Waals surface area contributed by atoms with Crippen LogP contribution in [0.15, 0.2) is 47.2 Å². The van der Waals surface area contributed by atoms with Gasteiger partial charge in [0.15, 0.2) is 31.2 Å². The number of carbonyl (C=O) groups excluding carboxylic acids is 3. The van der Waals surface area contributed by atoms with Crippen LogP contribution in [0.1, 0.15) is 125 Å². The second-order valence-electron chi connectivity index (χ2n) is 18.1. The molecule has 13 nitrogen and oxygen atoms in total. The maximum Gasteiger partial charge on any atom is 0.573 e. The van der Waals surface area contributed by atoms with Crippen LogP contribution in [0, 0.1) is 11.8 Å². The van der Waals surface area contributed by atoms with Crippen molar-refractivity contribution in [1.82, 2.24) is 15.4 Å². The summed E-state index contributed by atoms with van der Waals surface area (Å²) in [6.45, 7) is 24.8. The number of anilines is 1. The molecule has 0 fully saturated rings. The molecule has 3 aliphatic rings. The summed E-state index contributed by atoms with van der Waals surface area (Å²) in [5, 5.41) is 22.5. The van der Waals surface area contributed by atoms with E-state index < -0.39 is 72.2 Å². The fourth-order valence-corrected chi connectivity index (χ4v) is 9.95. The lowest BCUT2D eigenvalue weighted by molar-refractivity contribution is -0.275. The summed E-state index contributed by atoms with van der Waals surface area (Å²) in [7, 11) is -3.11. The van der Waals surface area contributed by atoms with E-state index in [4.69, 9.17) is 18.4 Å². The second kappa shape index (κ2) is 20.2. The fourth-order valence-electron chi connectivity index (χ4n) is 8.50. The lowest BCUT2D eigenvalue weighted by atomic mass is 9.58. The zero-order valence-electron chi connectivity index (χ0n) is 38.0. The Morgan fingerprint density at radius 2 is 1.67 bits per heavy atom. The summed E-state index contributed by atoms with van der Waals surface area (Å²) in [6.07, 6.45) is 2.24. The molecule has 0 spiro atoms. The molecule has 0 saturated carbocycles. The van der Waals surface area contributed by atoms with Crippen molar-refractivity contribution in [3.63, 3.8) is 0 Å². The predicted molar refractivity (Wildman–Crippen MR) is 236 cm³/mol. The van der Waals surface area contributed by atoms with E-state index in [1.165, 1.54) is 0 Å². The molecule has 0 aliphatic heterocycles. The number of carbonyl (C=O) groups is 3. The van der Waals surface area contributed by atoms with Crippen molar-refractivity contribution in [3.8, 4) is 17.4 Å². The molecule has 0 saturated heterocycles. The summed E-state index contributed by atoms with van der Waals surface area (Å²) in [5.74, 6) is -5.48. The zero-order valence-corrected chi connectivity index (χ0v) is 39.0. The van der Waals surface area contributed by atoms with E-state index in [2.05, 4.69) is 33.7 Å². The van der Waals surface area contributed by atoms with E-state index in [1.54, 1.807) is 12.2 Å². The van der Waals surface area contributed by atoms with Gasteiger partial charge in [0.05, 0.1) is 37.1 Å². The number of benzene rings is 1. The number of alkyl halides is 3. The molecule has 1 amide bonds. The first kappa shape index (κ1) is 49.6. The minimum atomic E-state index is -5.18. The smallest absolute Gasteiger partial charge is 0.508 e. The number of aliphatic hydroxyl groups excluding tert-OH is 1. The second-order valence-corrected chi connectivity index (χ2v) is 22.8. The minimum Gasteiger partial charge on any atom is -0.508 e. The van der Waals surface area contributed by atoms with Gasteiger partial charge in [0.2, 0.25) is 11.7 Å². The maximum atomic E-state index is 15.7. The average molecular weight is 903 g/mol. The van der Waals surface area contributed by atoms with Crippen LogP contribution in [0.25, 0.3) is 0 Å². The SMILES string of the molecule is C=CCN(CC=C)[C@@H]1c2onc(OCCCC)c2C(=O)[C@@]2(O[Si](C)(C)C(C)(C)C)C(O)=C3C(=O)c4c(c(OC(F)(F)F)cc(NC(=O)CNCCCC)c4OCCCC)C[C@H]3C[C@@H]12. The van der Waals surface area contributed by atoms with Crippen molar-refractivity contribution in [3.05, 3.63) is 65.2 Å². The standard InChI is InChI=1S/C46H65F3N4O9Si/c1-11-16-19-50-27-33(54)51-31-26-32(60-46(47,48)49)29-24-28-25-30-37(53(20-14-4)21-15-5)40-36(43(52-61-40)59-23-18-13-3)42(57)45(30,62-63(9,10)44(6,7)8)41(56)34(28)38(55)35(29)39(31)58-22-17-12-2/h14-15,26,28,30,37,50,56H,4-5,11-13,16-25,27H2,1-3,6-10H3,(H,51,54)/t28-,30-,37-,45-/m0/s1. The molecule has 2 aromatic rings. The third-order valence-electron chi connectivity index (χ3n) is 12.6. The van der Waals surface area contributed by atoms with Crippen LogP contribution in [0.5, 0.6) is 17.4 Å². The van der Waals surface area contributed by atoms with Crippen molar-refractivity contribution in [2.45, 2.75) is 129 Å². The quantitative estimate of drug-likeness (QED) is 0.0584. The van der Waals surface area contributed by atoms with Crippen LogP contribution in [0.4, 0.5) is 18.9 Å². The summed E-state index contributed by atoms with van der Waals surface area (Å²) in [6, 6.07) is 0.189. The Hall–Kier alpha value is -4.45. The van der Waals surface area contributed by atoms with Crippen molar-refractivity contribution in [2.24, 2.45) is 11.8 Å². The van der Waals surface area contributed by atoms with E-state index in [0.29, 0.717) is 25.8 Å². The molecule has 17 heteroatoms. The Kier molecular flexibility index (Phi) is 15.9. The zero-order chi connectivity index (χ0) is 46.5. The van der Waals surface area contributed by atoms with Crippen molar-refractivity contribution >= 4 is 31.5 Å². The number of aromatic nitrogens is 1. The van der Waals surface area contributed by atoms with Gasteiger partial charge in [-0.15, -0.1) is 26.3 Å². The number of nitrogens with one attached hydrogen (secondary N) is 2. The molecule has 0 unspecified atom stereocenters. The van der Waals surface area contributed by atoms with Gasteiger partial charge in [-0.1, -0.05) is 73.0 Å². The van der Waals surface area contributed by atoms with Crippen LogP contribution in [0.3, 0.4) is 0 Å². The minimum absolute atomic E-state index is 0.0219. The maximum absolute atomic E-state index is 15.7. The third kappa shape index (κ3) is 10.1. The third-order valence-corrected chi connectivity index (χ3v) is 17.0. The molecule has 4 atom stereocenters. The number of Topliss-reactive ketones (excluding diaryl/α,β-unsaturated/α-hetero) is 2. The van der Waals surface area contributed by atoms with Crippen molar-refractivity contribution in [1.29, 1.82) is 0 Å². The normalized spacial score (nSPS) is 21.0. The van der Waals surface area contributed by atoms with Crippen LogP contribution in [0.2, 0.25) is 18.1 Å². The van der Waals surface area contributed by atoms with Crippen LogP contribution in [-0.2, 0) is 15.6 Å². The molecule has 1 heterocycles. The van der Waals surface area contributed by atoms with E-state index in [-0.39, 0.29) is 91.0 Å². The molecule has 348 valence electrons. The molecule has 63 heavy (non-hydrogen) atoms. The number of unbranched alkanes of at least 4 members (excludes halogenated alkanes) is 3. The molecule has 1 aromatic heterocycles. The number of fused-ring (bicyclic) bond motifs is 4. The average Bonchev–Trinajstić information content (AvgIpc) is 3.61. The number of hydrogen-bond acceptors (Lipinski definition) is 12. The van der Waals surface area contributed by atoms with Gasteiger partial charge in [-0.3, -0.25) is 19.3 Å². The first-order valence-electron chi connectivity index (χ1n) is 22.1. The summed E-state index contributed by atoms with van der Waals surface area (Å²) < 4.78 is 73.1. The van der Waals surface area contributed by atoms with Gasteiger partial charge in [-0.25, -0.2) is 0 Å². The number of allylic oxidation sites excluding steroid dienone is 1. The molecule has 5 rings (SSSR count). The lowest BCUT2D eigenvalue weighted by Gasteiger charge is -2.55. The summed E-state index contributed by atoms with van der Waals surface area (Å²) in [5.41, 5.74) is -3.06. The van der Waals surface area contributed by atoms with Gasteiger partial charge < -0.3 is 38.9 Å².